The number of carbonyl (C=O) groups is 1. The average molecular weight is 458 g/mol. The summed E-state index contributed by atoms with van der Waals surface area (Å²) in [5.74, 6) is 1.11. The summed E-state index contributed by atoms with van der Waals surface area (Å²) in [5.41, 5.74) is 6.96. The zero-order chi connectivity index (χ0) is 24.0. The third-order valence-electron chi connectivity index (χ3n) is 6.44. The Balaban J connectivity index is 1.76. The van der Waals surface area contributed by atoms with Crippen molar-refractivity contribution in [2.24, 2.45) is 0 Å². The van der Waals surface area contributed by atoms with Crippen molar-refractivity contribution in [2.45, 2.75) is 33.9 Å². The molecule has 7 heteroatoms. The van der Waals surface area contributed by atoms with Crippen LogP contribution in [0, 0.1) is 13.8 Å². The van der Waals surface area contributed by atoms with Gasteiger partial charge in [0.2, 0.25) is 0 Å². The molecule has 0 amide bonds. The molecule has 7 nitrogen and oxygen atoms in total. The third kappa shape index (κ3) is 3.49. The second-order valence-electron chi connectivity index (χ2n) is 8.50. The maximum Gasteiger partial charge on any atom is 0.511 e. The number of hydrogen-bond acceptors (Lipinski definition) is 4. The lowest BCUT2D eigenvalue weighted by atomic mass is 10.1. The topological polar surface area (TPSA) is 78.5 Å². The van der Waals surface area contributed by atoms with E-state index < -0.39 is 6.16 Å². The monoisotopic (exact) mass is 457 g/mol. The average Bonchev–Trinajstić information content (AvgIpc) is 3.34. The number of nitrogens with zero attached hydrogens (tertiary/aromatic N) is 3. The molecule has 1 N–H and O–H groups in total. The van der Waals surface area contributed by atoms with E-state index in [4.69, 9.17) is 19.6 Å². The molecule has 0 radical (unpaired) electrons. The molecule has 3 aromatic carbocycles. The lowest BCUT2D eigenvalue weighted by Crippen LogP contribution is -2.06. The minimum absolute atomic E-state index is 0.292. The van der Waals surface area contributed by atoms with Gasteiger partial charge >= 0.3 is 6.16 Å². The van der Waals surface area contributed by atoms with E-state index in [1.807, 2.05) is 13.0 Å². The fourth-order valence-electron chi connectivity index (χ4n) is 4.84. The number of carboxylic acid groups (broad SMARTS) is 1. The van der Waals surface area contributed by atoms with Crippen molar-refractivity contribution in [3.8, 4) is 17.1 Å². The highest BCUT2D eigenvalue weighted by atomic mass is 16.7. The Kier molecular flexibility index (Phi) is 5.49. The van der Waals surface area contributed by atoms with Gasteiger partial charge in [0.25, 0.3) is 0 Å². The first-order valence-corrected chi connectivity index (χ1v) is 11.4. The molecule has 0 saturated heterocycles. The van der Waals surface area contributed by atoms with Gasteiger partial charge < -0.3 is 23.7 Å². The standard InChI is InChI=1S/C27H27N3O4/c1-5-29-21-8-6-16(2)14-19(21)20-15-18(7-9-22(20)29)26-28-25-17(3)24(34-27(31)32)11-10-23(25)30(26)12-13-33-4/h6-11,14-15H,5,12-13H2,1-4H3,(H,31,32). The minimum Gasteiger partial charge on any atom is -0.449 e. The molecular weight excluding hydrogens is 430 g/mol. The molecule has 0 fully saturated rings. The predicted molar refractivity (Wildman–Crippen MR) is 134 cm³/mol. The number of fused-ring (bicyclic) bond motifs is 4. The Morgan fingerprint density at radius 2 is 1.68 bits per heavy atom. The Morgan fingerprint density at radius 3 is 2.38 bits per heavy atom. The number of benzene rings is 3. The van der Waals surface area contributed by atoms with Gasteiger partial charge in [0, 0.05) is 53.1 Å². The summed E-state index contributed by atoms with van der Waals surface area (Å²) in [6.07, 6.45) is -1.34. The summed E-state index contributed by atoms with van der Waals surface area (Å²) >= 11 is 0. The van der Waals surface area contributed by atoms with E-state index in [1.54, 1.807) is 13.2 Å². The first kappa shape index (κ1) is 22.0. The molecule has 0 unspecified atom stereocenters. The van der Waals surface area contributed by atoms with E-state index in [2.05, 4.69) is 59.4 Å². The summed E-state index contributed by atoms with van der Waals surface area (Å²) in [7, 11) is 1.68. The van der Waals surface area contributed by atoms with E-state index in [9.17, 15) is 4.79 Å². The molecular formula is C27H27N3O4. The van der Waals surface area contributed by atoms with Crippen LogP contribution in [-0.2, 0) is 17.8 Å². The molecule has 0 spiro atoms. The van der Waals surface area contributed by atoms with Crippen molar-refractivity contribution in [1.82, 2.24) is 14.1 Å². The second kappa shape index (κ2) is 8.50. The third-order valence-corrected chi connectivity index (χ3v) is 6.44. The molecule has 2 aromatic heterocycles. The fraction of sp³-hybridized carbons (Fsp3) is 0.259. The van der Waals surface area contributed by atoms with E-state index >= 15 is 0 Å². The smallest absolute Gasteiger partial charge is 0.449 e. The van der Waals surface area contributed by atoms with Crippen LogP contribution in [0.15, 0.2) is 48.5 Å². The predicted octanol–water partition coefficient (Wildman–Crippen LogP) is 6.15. The number of methoxy groups -OCH3 is 1. The van der Waals surface area contributed by atoms with E-state index in [1.165, 1.54) is 27.4 Å². The first-order chi connectivity index (χ1) is 16.4. The lowest BCUT2D eigenvalue weighted by Gasteiger charge is -2.10. The van der Waals surface area contributed by atoms with E-state index in [0.29, 0.717) is 24.5 Å². The van der Waals surface area contributed by atoms with Gasteiger partial charge in [0.1, 0.15) is 11.6 Å². The number of imidazole rings is 1. The van der Waals surface area contributed by atoms with Crippen LogP contribution in [0.3, 0.4) is 0 Å². The van der Waals surface area contributed by atoms with E-state index in [-0.39, 0.29) is 0 Å². The van der Waals surface area contributed by atoms with E-state index in [0.717, 1.165) is 29.0 Å². The van der Waals surface area contributed by atoms with Crippen molar-refractivity contribution >= 4 is 39.0 Å². The van der Waals surface area contributed by atoms with Crippen molar-refractivity contribution in [2.75, 3.05) is 13.7 Å². The van der Waals surface area contributed by atoms with Crippen molar-refractivity contribution in [1.29, 1.82) is 0 Å². The Labute approximate surface area is 197 Å². The summed E-state index contributed by atoms with van der Waals surface area (Å²) in [6, 6.07) is 16.6. The van der Waals surface area contributed by atoms with Gasteiger partial charge in [-0.05, 0) is 63.2 Å². The highest BCUT2D eigenvalue weighted by Crippen LogP contribution is 2.35. The van der Waals surface area contributed by atoms with Crippen molar-refractivity contribution < 1.29 is 19.4 Å². The molecule has 174 valence electrons. The highest BCUT2D eigenvalue weighted by molar-refractivity contribution is 6.09. The summed E-state index contributed by atoms with van der Waals surface area (Å²) in [6.45, 7) is 8.15. The normalized spacial score (nSPS) is 11.6. The number of aromatic nitrogens is 3. The Bertz CT molecular complexity index is 1560. The van der Waals surface area contributed by atoms with Gasteiger partial charge in [0.15, 0.2) is 0 Å². The van der Waals surface area contributed by atoms with Crippen LogP contribution in [0.4, 0.5) is 4.79 Å². The minimum atomic E-state index is -1.34. The first-order valence-electron chi connectivity index (χ1n) is 11.4. The molecule has 2 heterocycles. The molecule has 0 atom stereocenters. The Morgan fingerprint density at radius 1 is 0.971 bits per heavy atom. The summed E-state index contributed by atoms with van der Waals surface area (Å²) in [5, 5.41) is 11.5. The number of ether oxygens (including phenoxy) is 2. The zero-order valence-corrected chi connectivity index (χ0v) is 19.8. The van der Waals surface area contributed by atoms with Crippen LogP contribution in [0.2, 0.25) is 0 Å². The van der Waals surface area contributed by atoms with Gasteiger partial charge in [-0.1, -0.05) is 11.6 Å². The highest BCUT2D eigenvalue weighted by Gasteiger charge is 2.19. The molecule has 0 aliphatic heterocycles. The van der Waals surface area contributed by atoms with Crippen LogP contribution < -0.4 is 4.74 Å². The summed E-state index contributed by atoms with van der Waals surface area (Å²) in [4.78, 5) is 16.1. The number of aryl methyl sites for hydroxylation is 3. The van der Waals surface area contributed by atoms with Gasteiger partial charge in [-0.15, -0.1) is 0 Å². The van der Waals surface area contributed by atoms with Crippen molar-refractivity contribution in [3.63, 3.8) is 0 Å². The van der Waals surface area contributed by atoms with Gasteiger partial charge in [-0.2, -0.15) is 0 Å². The fourth-order valence-corrected chi connectivity index (χ4v) is 4.84. The van der Waals surface area contributed by atoms with Crippen LogP contribution in [0.5, 0.6) is 5.75 Å². The Hall–Kier alpha value is -3.84. The molecule has 34 heavy (non-hydrogen) atoms. The number of rotatable bonds is 6. The zero-order valence-electron chi connectivity index (χ0n) is 19.8. The molecule has 0 bridgehead atoms. The van der Waals surface area contributed by atoms with Crippen LogP contribution in [0.1, 0.15) is 18.1 Å². The quantitative estimate of drug-likeness (QED) is 0.244. The molecule has 0 aliphatic carbocycles. The maximum atomic E-state index is 11.1. The molecule has 0 saturated carbocycles. The second-order valence-corrected chi connectivity index (χ2v) is 8.50. The van der Waals surface area contributed by atoms with Gasteiger partial charge in [-0.25, -0.2) is 9.78 Å². The SMILES string of the molecule is CCn1c2ccc(C)cc2c2cc(-c3nc4c(C)c(OC(=O)O)ccc4n3CCOC)ccc21. The van der Waals surface area contributed by atoms with Crippen LogP contribution >= 0.6 is 0 Å². The molecule has 5 aromatic rings. The van der Waals surface area contributed by atoms with Gasteiger partial charge in [-0.3, -0.25) is 0 Å². The lowest BCUT2D eigenvalue weighted by molar-refractivity contribution is 0.144. The number of hydrogen-bond donors (Lipinski definition) is 1. The molecule has 5 rings (SSSR count). The van der Waals surface area contributed by atoms with Crippen molar-refractivity contribution in [3.05, 3.63) is 59.7 Å². The van der Waals surface area contributed by atoms with Crippen LogP contribution in [-0.4, -0.2) is 39.1 Å². The molecule has 0 aliphatic rings. The summed E-state index contributed by atoms with van der Waals surface area (Å²) < 4.78 is 14.8. The van der Waals surface area contributed by atoms with Crippen LogP contribution in [0.25, 0.3) is 44.2 Å². The largest absolute Gasteiger partial charge is 0.511 e. The van der Waals surface area contributed by atoms with Gasteiger partial charge in [0.05, 0.1) is 17.6 Å². The maximum absolute atomic E-state index is 11.1.